The Morgan fingerprint density at radius 1 is 1.08 bits per heavy atom. The van der Waals surface area contributed by atoms with Gasteiger partial charge in [-0.1, -0.05) is 30.7 Å². The molecule has 0 aliphatic carbocycles. The summed E-state index contributed by atoms with van der Waals surface area (Å²) in [4.78, 5) is 6.81. The largest absolute Gasteiger partial charge is 0.349 e. The Kier molecular flexibility index (Phi) is 4.68. The second kappa shape index (κ2) is 7.25. The van der Waals surface area contributed by atoms with E-state index in [4.69, 9.17) is 0 Å². The molecule has 25 heavy (non-hydrogen) atoms. The summed E-state index contributed by atoms with van der Waals surface area (Å²) in [6, 6.07) is 8.68. The van der Waals surface area contributed by atoms with Gasteiger partial charge in [0.2, 0.25) is 0 Å². The van der Waals surface area contributed by atoms with Crippen molar-refractivity contribution >= 4 is 5.96 Å². The fourth-order valence-electron chi connectivity index (χ4n) is 3.84. The van der Waals surface area contributed by atoms with E-state index in [0.29, 0.717) is 6.54 Å². The van der Waals surface area contributed by atoms with Crippen LogP contribution in [0, 0.1) is 0 Å². The third kappa shape index (κ3) is 3.38. The molecule has 0 spiro atoms. The molecule has 0 saturated carbocycles. The highest BCUT2D eigenvalue weighted by Crippen LogP contribution is 2.19. The predicted molar refractivity (Wildman–Crippen MR) is 98.3 cm³/mol. The van der Waals surface area contributed by atoms with Crippen molar-refractivity contribution < 1.29 is 0 Å². The van der Waals surface area contributed by atoms with Gasteiger partial charge in [-0.15, -0.1) is 10.2 Å². The van der Waals surface area contributed by atoms with Gasteiger partial charge in [-0.05, 0) is 30.4 Å². The first-order valence-electron chi connectivity index (χ1n) is 9.28. The normalized spacial score (nSPS) is 17.6. The molecule has 4 rings (SSSR count). The molecule has 2 aromatic rings. The van der Waals surface area contributed by atoms with Crippen molar-refractivity contribution in [2.45, 2.75) is 51.7 Å². The number of rotatable bonds is 2. The molecule has 0 fully saturated rings. The van der Waals surface area contributed by atoms with Crippen molar-refractivity contribution in [1.82, 2.24) is 25.0 Å². The highest BCUT2D eigenvalue weighted by atomic mass is 15.3. The molecule has 3 heterocycles. The lowest BCUT2D eigenvalue weighted by Crippen LogP contribution is -2.44. The van der Waals surface area contributed by atoms with Crippen molar-refractivity contribution in [1.29, 1.82) is 0 Å². The highest BCUT2D eigenvalue weighted by Gasteiger charge is 2.20. The monoisotopic (exact) mass is 338 g/mol. The lowest BCUT2D eigenvalue weighted by atomic mass is 10.0. The van der Waals surface area contributed by atoms with Crippen LogP contribution in [0.2, 0.25) is 0 Å². The van der Waals surface area contributed by atoms with Crippen molar-refractivity contribution in [3.63, 3.8) is 0 Å². The van der Waals surface area contributed by atoms with Crippen molar-refractivity contribution in [2.24, 2.45) is 4.99 Å². The van der Waals surface area contributed by atoms with Gasteiger partial charge in [0.05, 0.1) is 6.54 Å². The first kappa shape index (κ1) is 16.1. The summed E-state index contributed by atoms with van der Waals surface area (Å²) in [6.45, 7) is 3.62. The second-order valence-corrected chi connectivity index (χ2v) is 6.84. The molecule has 132 valence electrons. The third-order valence-electron chi connectivity index (χ3n) is 5.23. The molecular weight excluding hydrogens is 312 g/mol. The molecule has 0 unspecified atom stereocenters. The minimum Gasteiger partial charge on any atom is -0.349 e. The van der Waals surface area contributed by atoms with Crippen LogP contribution in [-0.2, 0) is 32.5 Å². The van der Waals surface area contributed by atoms with Crippen LogP contribution in [0.25, 0.3) is 0 Å². The smallest absolute Gasteiger partial charge is 0.194 e. The van der Waals surface area contributed by atoms with Gasteiger partial charge in [-0.25, -0.2) is 0 Å². The van der Waals surface area contributed by atoms with Gasteiger partial charge in [-0.2, -0.15) is 0 Å². The summed E-state index contributed by atoms with van der Waals surface area (Å²) < 4.78 is 2.29. The molecule has 0 amide bonds. The van der Waals surface area contributed by atoms with Crippen molar-refractivity contribution in [3.8, 4) is 0 Å². The Bertz CT molecular complexity index is 763. The number of aryl methyl sites for hydroxylation is 1. The molecule has 2 aliphatic heterocycles. The zero-order valence-corrected chi connectivity index (χ0v) is 14.9. The van der Waals surface area contributed by atoms with Crippen LogP contribution in [0.5, 0.6) is 0 Å². The molecule has 1 aromatic carbocycles. The van der Waals surface area contributed by atoms with Crippen LogP contribution in [0.3, 0.4) is 0 Å². The minimum atomic E-state index is 0.678. The van der Waals surface area contributed by atoms with E-state index in [9.17, 15) is 0 Å². The van der Waals surface area contributed by atoms with Gasteiger partial charge in [0, 0.05) is 33.1 Å². The number of benzene rings is 1. The molecule has 0 bridgehead atoms. The van der Waals surface area contributed by atoms with Gasteiger partial charge in [0.25, 0.3) is 0 Å². The summed E-state index contributed by atoms with van der Waals surface area (Å²) in [5.41, 5.74) is 2.85. The van der Waals surface area contributed by atoms with Crippen LogP contribution < -0.4 is 5.32 Å². The number of hydrogen-bond donors (Lipinski definition) is 1. The molecule has 0 atom stereocenters. The highest BCUT2D eigenvalue weighted by molar-refractivity contribution is 5.80. The molecule has 1 aromatic heterocycles. The second-order valence-electron chi connectivity index (χ2n) is 6.84. The Morgan fingerprint density at radius 3 is 2.84 bits per heavy atom. The third-order valence-corrected chi connectivity index (χ3v) is 5.23. The standard InChI is InChI=1S/C19H26N6/c1-20-19(24-12-10-15-7-4-5-8-16(15)14-24)21-13-18-23-22-17-9-3-2-6-11-25(17)18/h4-5,7-8H,2-3,6,9-14H2,1H3,(H,20,21). The Morgan fingerprint density at radius 2 is 1.96 bits per heavy atom. The Balaban J connectivity index is 1.43. The summed E-state index contributed by atoms with van der Waals surface area (Å²) in [6.07, 6.45) is 5.84. The number of guanidine groups is 1. The van der Waals surface area contributed by atoms with E-state index in [0.717, 1.165) is 50.1 Å². The molecule has 1 N–H and O–H groups in total. The number of nitrogens with zero attached hydrogens (tertiary/aromatic N) is 5. The van der Waals surface area contributed by atoms with E-state index >= 15 is 0 Å². The SMILES string of the molecule is CN=C(NCc1nnc2n1CCCCC2)N1CCc2ccccc2C1. The lowest BCUT2D eigenvalue weighted by molar-refractivity contribution is 0.377. The summed E-state index contributed by atoms with van der Waals surface area (Å²) in [7, 11) is 1.85. The van der Waals surface area contributed by atoms with Crippen LogP contribution in [0.1, 0.15) is 42.0 Å². The van der Waals surface area contributed by atoms with Crippen LogP contribution >= 0.6 is 0 Å². The van der Waals surface area contributed by atoms with Gasteiger partial charge >= 0.3 is 0 Å². The minimum absolute atomic E-state index is 0.678. The first-order valence-corrected chi connectivity index (χ1v) is 9.28. The van der Waals surface area contributed by atoms with Crippen LogP contribution in [0.4, 0.5) is 0 Å². The summed E-state index contributed by atoms with van der Waals surface area (Å²) in [5.74, 6) is 3.10. The number of nitrogens with one attached hydrogen (secondary N) is 1. The fourth-order valence-corrected chi connectivity index (χ4v) is 3.84. The summed E-state index contributed by atoms with van der Waals surface area (Å²) >= 11 is 0. The van der Waals surface area contributed by atoms with Gasteiger partial charge in [0.15, 0.2) is 11.8 Å². The van der Waals surface area contributed by atoms with E-state index in [1.165, 1.54) is 30.4 Å². The van der Waals surface area contributed by atoms with Gasteiger partial charge in [0.1, 0.15) is 5.82 Å². The topological polar surface area (TPSA) is 58.3 Å². The number of aliphatic imine (C=N–C) groups is 1. The van der Waals surface area contributed by atoms with Crippen molar-refractivity contribution in [2.75, 3.05) is 13.6 Å². The Labute approximate surface area is 149 Å². The maximum atomic E-state index is 4.49. The Hall–Kier alpha value is -2.37. The number of aromatic nitrogens is 3. The molecule has 0 saturated heterocycles. The van der Waals surface area contributed by atoms with Crippen molar-refractivity contribution in [3.05, 3.63) is 47.0 Å². The zero-order valence-electron chi connectivity index (χ0n) is 14.9. The fraction of sp³-hybridized carbons (Fsp3) is 0.526. The van der Waals surface area contributed by atoms with E-state index in [1.807, 2.05) is 7.05 Å². The summed E-state index contributed by atoms with van der Waals surface area (Å²) in [5, 5.41) is 12.3. The zero-order chi connectivity index (χ0) is 17.1. The average molecular weight is 338 g/mol. The maximum Gasteiger partial charge on any atom is 0.194 e. The molecular formula is C19H26N6. The van der Waals surface area contributed by atoms with E-state index in [2.05, 4.69) is 54.2 Å². The number of fused-ring (bicyclic) bond motifs is 2. The molecule has 6 nitrogen and oxygen atoms in total. The van der Waals surface area contributed by atoms with E-state index in [1.54, 1.807) is 0 Å². The van der Waals surface area contributed by atoms with Gasteiger partial charge in [-0.3, -0.25) is 4.99 Å². The van der Waals surface area contributed by atoms with Crippen LogP contribution in [0.15, 0.2) is 29.3 Å². The van der Waals surface area contributed by atoms with E-state index < -0.39 is 0 Å². The lowest BCUT2D eigenvalue weighted by Gasteiger charge is -2.31. The predicted octanol–water partition coefficient (Wildman–Crippen LogP) is 2.14. The van der Waals surface area contributed by atoms with Gasteiger partial charge < -0.3 is 14.8 Å². The number of hydrogen-bond acceptors (Lipinski definition) is 3. The molecule has 6 heteroatoms. The van der Waals surface area contributed by atoms with E-state index in [-0.39, 0.29) is 0 Å². The first-order chi connectivity index (χ1) is 12.3. The average Bonchev–Trinajstić information content (AvgIpc) is 2.88. The maximum absolute atomic E-state index is 4.49. The molecule has 2 aliphatic rings. The molecule has 0 radical (unpaired) electrons. The van der Waals surface area contributed by atoms with Crippen LogP contribution in [-0.4, -0.2) is 39.2 Å². The quantitative estimate of drug-likeness (QED) is 0.673.